The molecule has 0 fully saturated rings. The van der Waals surface area contributed by atoms with E-state index in [0.29, 0.717) is 0 Å². The zero-order chi connectivity index (χ0) is 10.9. The average molecular weight is 200 g/mol. The van der Waals surface area contributed by atoms with Crippen LogP contribution in [-0.4, -0.2) is 0 Å². The van der Waals surface area contributed by atoms with Crippen LogP contribution >= 0.6 is 0 Å². The predicted molar refractivity (Wildman–Crippen MR) is 68.8 cm³/mol. The smallest absolute Gasteiger partial charge is 0.0254 e. The molecule has 15 heavy (non-hydrogen) atoms. The summed E-state index contributed by atoms with van der Waals surface area (Å²) in [7, 11) is 0. The fourth-order valence-corrected chi connectivity index (χ4v) is 1.58. The summed E-state index contributed by atoms with van der Waals surface area (Å²) in [6.45, 7) is 6.10. The minimum Gasteiger partial charge on any atom is -0.0988 e. The highest BCUT2D eigenvalue weighted by Gasteiger charge is 1.93. The van der Waals surface area contributed by atoms with Crippen LogP contribution in [0.5, 0.6) is 0 Å². The molecule has 0 amide bonds. The number of allylic oxidation sites excluding steroid dienone is 2. The van der Waals surface area contributed by atoms with Crippen LogP contribution in [0.3, 0.4) is 0 Å². The van der Waals surface area contributed by atoms with Crippen molar-refractivity contribution < 1.29 is 0 Å². The topological polar surface area (TPSA) is 0 Å². The van der Waals surface area contributed by atoms with Crippen LogP contribution < -0.4 is 0 Å². The van der Waals surface area contributed by atoms with Crippen molar-refractivity contribution in [2.75, 3.05) is 0 Å². The minimum absolute atomic E-state index is 1.15. The second-order valence-electron chi connectivity index (χ2n) is 3.79. The molecule has 0 radical (unpaired) electrons. The third-order valence-electron chi connectivity index (χ3n) is 2.48. The SMILES string of the molecule is C=C/C(=C/c1ccccc1)CCCCC. The van der Waals surface area contributed by atoms with Crippen molar-refractivity contribution in [1.82, 2.24) is 0 Å². The van der Waals surface area contributed by atoms with Gasteiger partial charge in [-0.25, -0.2) is 0 Å². The van der Waals surface area contributed by atoms with Gasteiger partial charge in [0.25, 0.3) is 0 Å². The Morgan fingerprint density at radius 3 is 2.53 bits per heavy atom. The zero-order valence-corrected chi connectivity index (χ0v) is 9.58. The molecule has 0 aliphatic heterocycles. The molecule has 0 aliphatic rings. The van der Waals surface area contributed by atoms with Gasteiger partial charge in [0.1, 0.15) is 0 Å². The molecule has 1 aromatic rings. The lowest BCUT2D eigenvalue weighted by Crippen LogP contribution is -1.81. The maximum Gasteiger partial charge on any atom is -0.0254 e. The van der Waals surface area contributed by atoms with Crippen LogP contribution in [0.4, 0.5) is 0 Å². The molecule has 0 spiro atoms. The highest BCUT2D eigenvalue weighted by molar-refractivity contribution is 5.55. The van der Waals surface area contributed by atoms with E-state index in [-0.39, 0.29) is 0 Å². The quantitative estimate of drug-likeness (QED) is 0.455. The maximum absolute atomic E-state index is 3.87. The summed E-state index contributed by atoms with van der Waals surface area (Å²) in [5.74, 6) is 0. The van der Waals surface area contributed by atoms with Gasteiger partial charge in [0.15, 0.2) is 0 Å². The van der Waals surface area contributed by atoms with Crippen molar-refractivity contribution in [2.45, 2.75) is 32.6 Å². The van der Waals surface area contributed by atoms with Gasteiger partial charge in [-0.15, -0.1) is 0 Å². The first-order valence-electron chi connectivity index (χ1n) is 5.75. The van der Waals surface area contributed by atoms with Gasteiger partial charge in [-0.1, -0.05) is 68.8 Å². The van der Waals surface area contributed by atoms with E-state index in [0.717, 1.165) is 6.42 Å². The molecule has 0 heterocycles. The Balaban J connectivity index is 2.58. The van der Waals surface area contributed by atoms with E-state index < -0.39 is 0 Å². The first-order chi connectivity index (χ1) is 7.36. The van der Waals surface area contributed by atoms with Crippen molar-refractivity contribution in [1.29, 1.82) is 0 Å². The summed E-state index contributed by atoms with van der Waals surface area (Å²) < 4.78 is 0. The second kappa shape index (κ2) is 7.05. The molecule has 80 valence electrons. The highest BCUT2D eigenvalue weighted by atomic mass is 14.0. The van der Waals surface area contributed by atoms with Gasteiger partial charge in [-0.3, -0.25) is 0 Å². The fourth-order valence-electron chi connectivity index (χ4n) is 1.58. The molecule has 0 aliphatic carbocycles. The zero-order valence-electron chi connectivity index (χ0n) is 9.58. The summed E-state index contributed by atoms with van der Waals surface area (Å²) in [5, 5.41) is 0. The normalized spacial score (nSPS) is 11.4. The molecular weight excluding hydrogens is 180 g/mol. The molecule has 0 bridgehead atoms. The molecule has 0 N–H and O–H groups in total. The van der Waals surface area contributed by atoms with Crippen LogP contribution in [0, 0.1) is 0 Å². The Kier molecular flexibility index (Phi) is 5.54. The van der Waals surface area contributed by atoms with E-state index in [2.05, 4.69) is 43.8 Å². The minimum atomic E-state index is 1.15. The van der Waals surface area contributed by atoms with Gasteiger partial charge in [0.05, 0.1) is 0 Å². The van der Waals surface area contributed by atoms with E-state index in [1.165, 1.54) is 30.4 Å². The third-order valence-corrected chi connectivity index (χ3v) is 2.48. The van der Waals surface area contributed by atoms with Gasteiger partial charge in [0.2, 0.25) is 0 Å². The Morgan fingerprint density at radius 1 is 1.20 bits per heavy atom. The third kappa shape index (κ3) is 4.64. The largest absolute Gasteiger partial charge is 0.0988 e. The van der Waals surface area contributed by atoms with E-state index in [4.69, 9.17) is 0 Å². The van der Waals surface area contributed by atoms with Crippen molar-refractivity contribution in [3.63, 3.8) is 0 Å². The monoisotopic (exact) mass is 200 g/mol. The Labute approximate surface area is 93.3 Å². The number of unbranched alkanes of at least 4 members (excludes halogenated alkanes) is 2. The molecule has 0 saturated heterocycles. The van der Waals surface area contributed by atoms with Crippen LogP contribution in [0.15, 0.2) is 48.6 Å². The maximum atomic E-state index is 3.87. The lowest BCUT2D eigenvalue weighted by Gasteiger charge is -2.01. The summed E-state index contributed by atoms with van der Waals surface area (Å²) >= 11 is 0. The Bertz CT molecular complexity index is 306. The van der Waals surface area contributed by atoms with Crippen LogP contribution in [0.25, 0.3) is 6.08 Å². The summed E-state index contributed by atoms with van der Waals surface area (Å²) in [4.78, 5) is 0. The van der Waals surface area contributed by atoms with Gasteiger partial charge < -0.3 is 0 Å². The molecule has 1 rings (SSSR count). The first-order valence-corrected chi connectivity index (χ1v) is 5.75. The van der Waals surface area contributed by atoms with Gasteiger partial charge in [-0.2, -0.15) is 0 Å². The molecule has 0 aromatic heterocycles. The fraction of sp³-hybridized carbons (Fsp3) is 0.333. The van der Waals surface area contributed by atoms with Gasteiger partial charge in [0, 0.05) is 0 Å². The van der Waals surface area contributed by atoms with E-state index >= 15 is 0 Å². The van der Waals surface area contributed by atoms with E-state index in [1.807, 2.05) is 12.1 Å². The summed E-state index contributed by atoms with van der Waals surface area (Å²) in [6, 6.07) is 10.4. The average Bonchev–Trinajstić information content (AvgIpc) is 2.29. The predicted octanol–water partition coefficient (Wildman–Crippen LogP) is 4.84. The standard InChI is InChI=1S/C15H20/c1-3-5-7-10-14(4-2)13-15-11-8-6-9-12-15/h4,6,8-9,11-13H,2-3,5,7,10H2,1H3/b14-13-. The van der Waals surface area contributed by atoms with Crippen LogP contribution in [-0.2, 0) is 0 Å². The van der Waals surface area contributed by atoms with E-state index in [1.54, 1.807) is 0 Å². The molecule has 0 unspecified atom stereocenters. The number of hydrogen-bond donors (Lipinski definition) is 0. The number of hydrogen-bond acceptors (Lipinski definition) is 0. The lowest BCUT2D eigenvalue weighted by molar-refractivity contribution is 0.721. The lowest BCUT2D eigenvalue weighted by atomic mass is 10.0. The first kappa shape index (κ1) is 11.8. The molecule has 0 atom stereocenters. The molecule has 0 heteroatoms. The molecule has 0 nitrogen and oxygen atoms in total. The molecule has 1 aromatic carbocycles. The van der Waals surface area contributed by atoms with Crippen LogP contribution in [0.1, 0.15) is 38.2 Å². The number of rotatable bonds is 6. The van der Waals surface area contributed by atoms with Gasteiger partial charge in [-0.05, 0) is 24.0 Å². The Hall–Kier alpha value is -1.30. The Morgan fingerprint density at radius 2 is 1.93 bits per heavy atom. The number of benzene rings is 1. The van der Waals surface area contributed by atoms with Crippen molar-refractivity contribution in [3.05, 3.63) is 54.1 Å². The molecular formula is C15H20. The van der Waals surface area contributed by atoms with Crippen molar-refractivity contribution in [2.24, 2.45) is 0 Å². The van der Waals surface area contributed by atoms with Gasteiger partial charge >= 0.3 is 0 Å². The summed E-state index contributed by atoms with van der Waals surface area (Å²) in [5.41, 5.74) is 2.61. The summed E-state index contributed by atoms with van der Waals surface area (Å²) in [6.07, 6.45) is 9.19. The molecule has 0 saturated carbocycles. The van der Waals surface area contributed by atoms with Crippen LogP contribution in [0.2, 0.25) is 0 Å². The van der Waals surface area contributed by atoms with Crippen molar-refractivity contribution >= 4 is 6.08 Å². The van der Waals surface area contributed by atoms with Crippen molar-refractivity contribution in [3.8, 4) is 0 Å². The second-order valence-corrected chi connectivity index (χ2v) is 3.79. The highest BCUT2D eigenvalue weighted by Crippen LogP contribution is 2.14. The van der Waals surface area contributed by atoms with E-state index in [9.17, 15) is 0 Å².